The number of hydrogen-bond acceptors (Lipinski definition) is 7. The molecular weight excluding hydrogens is 687 g/mol. The average Bonchev–Trinajstić information content (AvgIpc) is 3.19. The van der Waals surface area contributed by atoms with Gasteiger partial charge in [-0.1, -0.05) is 182 Å². The number of rotatable bonds is 44. The Morgan fingerprint density at radius 3 is 1.31 bits per heavy atom. The maximum absolute atomic E-state index is 12.9. The Morgan fingerprint density at radius 1 is 0.436 bits per heavy atom. The first-order valence-corrected chi connectivity index (χ1v) is 24.3. The van der Waals surface area contributed by atoms with E-state index in [4.69, 9.17) is 14.2 Å². The number of carbonyl (C=O) groups excluding carboxylic acids is 2. The predicted molar refractivity (Wildman–Crippen MR) is 234 cm³/mol. The van der Waals surface area contributed by atoms with Gasteiger partial charge in [-0.05, 0) is 76.8 Å². The molecule has 0 spiro atoms. The monoisotopic (exact) mass is 782 g/mol. The first-order chi connectivity index (χ1) is 27.0. The first kappa shape index (κ1) is 53.7. The van der Waals surface area contributed by atoms with Gasteiger partial charge in [-0.2, -0.15) is 0 Å². The lowest BCUT2D eigenvalue weighted by Gasteiger charge is -2.22. The largest absolute Gasteiger partial charge is 0.508 e. The van der Waals surface area contributed by atoms with Gasteiger partial charge in [-0.25, -0.2) is 4.79 Å². The van der Waals surface area contributed by atoms with Gasteiger partial charge in [0.25, 0.3) is 0 Å². The van der Waals surface area contributed by atoms with Crippen molar-refractivity contribution < 1.29 is 28.9 Å². The number of ether oxygens (including phenoxy) is 3. The van der Waals surface area contributed by atoms with E-state index in [1.807, 2.05) is 0 Å². The summed E-state index contributed by atoms with van der Waals surface area (Å²) in [6.45, 7) is 13.7. The minimum absolute atomic E-state index is 0.0439. The Hall–Kier alpha value is -1.34. The second-order valence-corrected chi connectivity index (χ2v) is 16.7. The second kappa shape index (κ2) is 43.8. The summed E-state index contributed by atoms with van der Waals surface area (Å²) < 4.78 is 16.8. The van der Waals surface area contributed by atoms with E-state index in [0.717, 1.165) is 116 Å². The molecule has 0 aromatic heterocycles. The zero-order chi connectivity index (χ0) is 40.3. The molecule has 0 amide bonds. The zero-order valence-electron chi connectivity index (χ0n) is 37.4. The van der Waals surface area contributed by atoms with Crippen LogP contribution in [-0.2, 0) is 19.0 Å². The van der Waals surface area contributed by atoms with Crippen LogP contribution in [0.2, 0.25) is 0 Å². The SMILES string of the molecule is CCCCCCCCC(CCCCCC)COC(=O)OCCCCCCN(CCCO)CCCCCCOC(=O)C(CCCCCC)CCCCCCCC. The van der Waals surface area contributed by atoms with Gasteiger partial charge >= 0.3 is 12.1 Å². The lowest BCUT2D eigenvalue weighted by atomic mass is 9.94. The van der Waals surface area contributed by atoms with Gasteiger partial charge in [-0.15, -0.1) is 0 Å². The van der Waals surface area contributed by atoms with E-state index in [2.05, 4.69) is 32.6 Å². The van der Waals surface area contributed by atoms with Gasteiger partial charge < -0.3 is 24.2 Å². The first-order valence-electron chi connectivity index (χ1n) is 24.3. The molecule has 0 fully saturated rings. The molecule has 2 unspecified atom stereocenters. The van der Waals surface area contributed by atoms with E-state index in [0.29, 0.717) is 25.7 Å². The van der Waals surface area contributed by atoms with Crippen LogP contribution in [-0.4, -0.2) is 68.2 Å². The lowest BCUT2D eigenvalue weighted by molar-refractivity contribution is -0.149. The summed E-state index contributed by atoms with van der Waals surface area (Å²) in [6.07, 6.45) is 38.2. The molecular formula is C48H95NO6. The fourth-order valence-electron chi connectivity index (χ4n) is 7.64. The number of unbranched alkanes of at least 4 members (excludes halogenated alkanes) is 22. The summed E-state index contributed by atoms with van der Waals surface area (Å²) in [5, 5.41) is 9.43. The molecule has 0 rings (SSSR count). The topological polar surface area (TPSA) is 85.3 Å². The van der Waals surface area contributed by atoms with Crippen molar-refractivity contribution in [3.05, 3.63) is 0 Å². The van der Waals surface area contributed by atoms with E-state index in [1.54, 1.807) is 0 Å². The third-order valence-corrected chi connectivity index (χ3v) is 11.3. The molecule has 0 aromatic rings. The molecule has 55 heavy (non-hydrogen) atoms. The van der Waals surface area contributed by atoms with Crippen molar-refractivity contribution in [1.29, 1.82) is 0 Å². The normalized spacial score (nSPS) is 12.6. The molecule has 0 saturated heterocycles. The van der Waals surface area contributed by atoms with Crippen LogP contribution in [0.1, 0.15) is 240 Å². The highest BCUT2D eigenvalue weighted by molar-refractivity contribution is 5.72. The second-order valence-electron chi connectivity index (χ2n) is 16.7. The van der Waals surface area contributed by atoms with Crippen molar-refractivity contribution in [3.8, 4) is 0 Å². The van der Waals surface area contributed by atoms with Crippen molar-refractivity contribution in [2.45, 2.75) is 240 Å². The maximum Gasteiger partial charge on any atom is 0.508 e. The molecule has 7 heteroatoms. The number of aliphatic hydroxyl groups is 1. The summed E-state index contributed by atoms with van der Waals surface area (Å²) in [7, 11) is 0. The van der Waals surface area contributed by atoms with Crippen LogP contribution in [0.3, 0.4) is 0 Å². The van der Waals surface area contributed by atoms with Crippen LogP contribution in [0, 0.1) is 11.8 Å². The van der Waals surface area contributed by atoms with Crippen LogP contribution < -0.4 is 0 Å². The van der Waals surface area contributed by atoms with Crippen LogP contribution >= 0.6 is 0 Å². The minimum atomic E-state index is -0.500. The zero-order valence-corrected chi connectivity index (χ0v) is 37.4. The fraction of sp³-hybridized carbons (Fsp3) is 0.958. The molecule has 7 nitrogen and oxygen atoms in total. The summed E-state index contributed by atoms with van der Waals surface area (Å²) in [5.41, 5.74) is 0. The van der Waals surface area contributed by atoms with Crippen molar-refractivity contribution in [3.63, 3.8) is 0 Å². The number of nitrogens with zero attached hydrogens (tertiary/aromatic N) is 1. The van der Waals surface area contributed by atoms with E-state index < -0.39 is 6.16 Å². The summed E-state index contributed by atoms with van der Waals surface area (Å²) in [4.78, 5) is 27.7. The molecule has 1 N–H and O–H groups in total. The van der Waals surface area contributed by atoms with Crippen LogP contribution in [0.15, 0.2) is 0 Å². The van der Waals surface area contributed by atoms with Crippen molar-refractivity contribution in [1.82, 2.24) is 4.90 Å². The molecule has 0 aliphatic heterocycles. The van der Waals surface area contributed by atoms with E-state index in [1.165, 1.54) is 116 Å². The Bertz CT molecular complexity index is 794. The Labute approximate surface area is 342 Å². The minimum Gasteiger partial charge on any atom is -0.465 e. The molecule has 2 atom stereocenters. The Morgan fingerprint density at radius 2 is 0.818 bits per heavy atom. The third kappa shape index (κ3) is 38.0. The molecule has 0 radical (unpaired) electrons. The number of esters is 1. The number of aliphatic hydroxyl groups excluding tert-OH is 1. The van der Waals surface area contributed by atoms with Crippen molar-refractivity contribution in [2.75, 3.05) is 46.1 Å². The van der Waals surface area contributed by atoms with Gasteiger partial charge in [0.2, 0.25) is 0 Å². The van der Waals surface area contributed by atoms with E-state index >= 15 is 0 Å². The average molecular weight is 782 g/mol. The highest BCUT2D eigenvalue weighted by Crippen LogP contribution is 2.22. The molecule has 0 aromatic carbocycles. The van der Waals surface area contributed by atoms with E-state index in [9.17, 15) is 14.7 Å². The quantitative estimate of drug-likeness (QED) is 0.0487. The van der Waals surface area contributed by atoms with Gasteiger partial charge in [0, 0.05) is 13.2 Å². The fourth-order valence-corrected chi connectivity index (χ4v) is 7.64. The standard InChI is InChI=1S/C48H95NO6/c1-5-9-13-17-19-26-35-45(34-25-15-11-7-3)44-55-48(52)54-43-32-24-22-30-39-49(40-33-41-50)38-29-21-23-31-42-53-47(51)46(36-27-16-12-8-4)37-28-20-18-14-10-6-2/h45-46,50H,5-44H2,1-4H3. The third-order valence-electron chi connectivity index (χ3n) is 11.3. The molecule has 328 valence electrons. The molecule has 0 bridgehead atoms. The van der Waals surface area contributed by atoms with Crippen molar-refractivity contribution in [2.24, 2.45) is 11.8 Å². The van der Waals surface area contributed by atoms with Crippen LogP contribution in [0.25, 0.3) is 0 Å². The van der Waals surface area contributed by atoms with Crippen molar-refractivity contribution >= 4 is 12.1 Å². The van der Waals surface area contributed by atoms with Crippen LogP contribution in [0.5, 0.6) is 0 Å². The highest BCUT2D eigenvalue weighted by atomic mass is 16.7. The Kier molecular flexibility index (Phi) is 42.7. The van der Waals surface area contributed by atoms with Crippen LogP contribution in [0.4, 0.5) is 4.79 Å². The highest BCUT2D eigenvalue weighted by Gasteiger charge is 2.19. The number of hydrogen-bond donors (Lipinski definition) is 1. The van der Waals surface area contributed by atoms with E-state index in [-0.39, 0.29) is 18.5 Å². The molecule has 0 aliphatic rings. The number of carbonyl (C=O) groups is 2. The Balaban J connectivity index is 4.21. The summed E-state index contributed by atoms with van der Waals surface area (Å²) in [6, 6.07) is 0. The lowest BCUT2D eigenvalue weighted by Crippen LogP contribution is -2.28. The predicted octanol–water partition coefficient (Wildman–Crippen LogP) is 14.2. The molecule has 0 aliphatic carbocycles. The maximum atomic E-state index is 12.9. The summed E-state index contributed by atoms with van der Waals surface area (Å²) in [5.74, 6) is 0.582. The molecule has 0 heterocycles. The summed E-state index contributed by atoms with van der Waals surface area (Å²) >= 11 is 0. The van der Waals surface area contributed by atoms with Gasteiger partial charge in [0.1, 0.15) is 0 Å². The van der Waals surface area contributed by atoms with Gasteiger partial charge in [-0.3, -0.25) is 4.79 Å². The van der Waals surface area contributed by atoms with Gasteiger partial charge in [0.15, 0.2) is 0 Å². The molecule has 0 saturated carbocycles. The smallest absolute Gasteiger partial charge is 0.465 e. The van der Waals surface area contributed by atoms with Gasteiger partial charge in [0.05, 0.1) is 25.7 Å².